The van der Waals surface area contributed by atoms with Crippen molar-refractivity contribution in [2.24, 2.45) is 0 Å². The van der Waals surface area contributed by atoms with Gasteiger partial charge in [-0.1, -0.05) is 30.3 Å². The van der Waals surface area contributed by atoms with Crippen LogP contribution in [0.3, 0.4) is 0 Å². The Labute approximate surface area is 186 Å². The van der Waals surface area contributed by atoms with E-state index in [2.05, 4.69) is 11.0 Å². The summed E-state index contributed by atoms with van der Waals surface area (Å²) in [6, 6.07) is 13.8. The van der Waals surface area contributed by atoms with E-state index >= 15 is 0 Å². The van der Waals surface area contributed by atoms with Crippen molar-refractivity contribution in [2.75, 3.05) is 50.8 Å². The van der Waals surface area contributed by atoms with E-state index in [0.717, 1.165) is 50.5 Å². The van der Waals surface area contributed by atoms with Crippen LogP contribution >= 0.6 is 0 Å². The van der Waals surface area contributed by atoms with Gasteiger partial charge in [0.1, 0.15) is 11.5 Å². The van der Waals surface area contributed by atoms with E-state index in [-0.39, 0.29) is 17.6 Å². The van der Waals surface area contributed by atoms with Crippen LogP contribution in [0.5, 0.6) is 0 Å². The maximum Gasteiger partial charge on any atom is 0.278 e. The first-order chi connectivity index (χ1) is 15.6. The lowest BCUT2D eigenvalue weighted by atomic mass is 10.0. The normalized spacial score (nSPS) is 19.3. The van der Waals surface area contributed by atoms with Gasteiger partial charge in [0.05, 0.1) is 18.8 Å². The number of imide groups is 1. The minimum absolute atomic E-state index is 0.270. The minimum Gasteiger partial charge on any atom is -0.379 e. The number of para-hydroxylation sites is 1. The number of fused-ring (bicyclic) bond motifs is 1. The average molecular weight is 435 g/mol. The molecule has 6 nitrogen and oxygen atoms in total. The third-order valence-electron chi connectivity index (χ3n) is 6.39. The first-order valence-electron chi connectivity index (χ1n) is 11.2. The van der Waals surface area contributed by atoms with Gasteiger partial charge >= 0.3 is 0 Å². The molecule has 0 spiro atoms. The number of ether oxygens (including phenoxy) is 1. The standard InChI is InChI=1S/C25H26FN3O3/c26-20-8-6-19(7-9-20)22-23(28-13-10-18-4-1-2-5-21(18)28)25(31)29(24(22)30)12-3-11-27-14-16-32-17-15-27/h1-2,4-9H,3,10-17H2. The SMILES string of the molecule is O=C1C(c2ccc(F)cc2)=C(N2CCc3ccccc32)C(=O)N1CCCN1CCOCC1. The van der Waals surface area contributed by atoms with Gasteiger partial charge in [-0.05, 0) is 42.2 Å². The molecule has 5 rings (SSSR count). The third-order valence-corrected chi connectivity index (χ3v) is 6.39. The number of nitrogens with zero attached hydrogens (tertiary/aromatic N) is 3. The maximum atomic E-state index is 13.6. The van der Waals surface area contributed by atoms with Gasteiger partial charge in [0, 0.05) is 38.4 Å². The second-order valence-electron chi connectivity index (χ2n) is 8.33. The molecule has 0 aliphatic carbocycles. The van der Waals surface area contributed by atoms with E-state index in [0.29, 0.717) is 36.3 Å². The van der Waals surface area contributed by atoms with Gasteiger partial charge in [0.15, 0.2) is 0 Å². The fourth-order valence-electron chi connectivity index (χ4n) is 4.74. The molecule has 0 aromatic heterocycles. The minimum atomic E-state index is -0.374. The number of benzene rings is 2. The van der Waals surface area contributed by atoms with Gasteiger partial charge in [0.2, 0.25) is 0 Å². The van der Waals surface area contributed by atoms with Crippen molar-refractivity contribution in [1.82, 2.24) is 9.80 Å². The molecule has 0 unspecified atom stereocenters. The van der Waals surface area contributed by atoms with Crippen LogP contribution in [0.2, 0.25) is 0 Å². The number of morpholine rings is 1. The highest BCUT2D eigenvalue weighted by Crippen LogP contribution is 2.38. The molecular weight excluding hydrogens is 409 g/mol. The molecule has 3 heterocycles. The molecule has 1 saturated heterocycles. The highest BCUT2D eigenvalue weighted by Gasteiger charge is 2.43. The molecule has 1 fully saturated rings. The number of carbonyl (C=O) groups excluding carboxylic acids is 2. The number of hydrogen-bond donors (Lipinski definition) is 0. The topological polar surface area (TPSA) is 53.1 Å². The number of halogens is 1. The number of rotatable bonds is 6. The van der Waals surface area contributed by atoms with Crippen molar-refractivity contribution < 1.29 is 18.7 Å². The Bertz CT molecular complexity index is 1060. The largest absolute Gasteiger partial charge is 0.379 e. The predicted molar refractivity (Wildman–Crippen MR) is 119 cm³/mol. The summed E-state index contributed by atoms with van der Waals surface area (Å²) in [4.78, 5) is 32.6. The van der Waals surface area contributed by atoms with Crippen molar-refractivity contribution in [3.8, 4) is 0 Å². The Morgan fingerprint density at radius 1 is 0.875 bits per heavy atom. The fourth-order valence-corrected chi connectivity index (χ4v) is 4.74. The van der Waals surface area contributed by atoms with Gasteiger partial charge < -0.3 is 9.64 Å². The highest BCUT2D eigenvalue weighted by molar-refractivity contribution is 6.36. The molecule has 2 aromatic rings. The van der Waals surface area contributed by atoms with Crippen LogP contribution in [0.15, 0.2) is 54.2 Å². The molecule has 0 N–H and O–H groups in total. The van der Waals surface area contributed by atoms with Crippen molar-refractivity contribution in [1.29, 1.82) is 0 Å². The van der Waals surface area contributed by atoms with Crippen LogP contribution in [0, 0.1) is 5.82 Å². The summed E-state index contributed by atoms with van der Waals surface area (Å²) in [5, 5.41) is 0. The van der Waals surface area contributed by atoms with Crippen LogP contribution in [0.4, 0.5) is 10.1 Å². The van der Waals surface area contributed by atoms with Gasteiger partial charge in [-0.3, -0.25) is 19.4 Å². The quantitative estimate of drug-likeness (QED) is 0.653. The number of amides is 2. The van der Waals surface area contributed by atoms with Gasteiger partial charge in [-0.2, -0.15) is 0 Å². The van der Waals surface area contributed by atoms with E-state index in [9.17, 15) is 14.0 Å². The van der Waals surface area contributed by atoms with Crippen LogP contribution in [-0.4, -0.2) is 67.6 Å². The van der Waals surface area contributed by atoms with E-state index in [4.69, 9.17) is 4.74 Å². The molecule has 0 saturated carbocycles. The van der Waals surface area contributed by atoms with E-state index < -0.39 is 0 Å². The summed E-state index contributed by atoms with van der Waals surface area (Å²) in [7, 11) is 0. The molecule has 3 aliphatic rings. The number of carbonyl (C=O) groups is 2. The van der Waals surface area contributed by atoms with Gasteiger partial charge in [0.25, 0.3) is 11.8 Å². The first-order valence-corrected chi connectivity index (χ1v) is 11.2. The number of hydrogen-bond acceptors (Lipinski definition) is 5. The van der Waals surface area contributed by atoms with Gasteiger partial charge in [-0.15, -0.1) is 0 Å². The fraction of sp³-hybridized carbons (Fsp3) is 0.360. The predicted octanol–water partition coefficient (Wildman–Crippen LogP) is 2.69. The van der Waals surface area contributed by atoms with Crippen molar-refractivity contribution in [3.63, 3.8) is 0 Å². The van der Waals surface area contributed by atoms with Crippen LogP contribution in [0.1, 0.15) is 17.5 Å². The lowest BCUT2D eigenvalue weighted by Gasteiger charge is -2.27. The summed E-state index contributed by atoms with van der Waals surface area (Å²) in [5.74, 6) is -0.947. The zero-order valence-electron chi connectivity index (χ0n) is 17.9. The van der Waals surface area contributed by atoms with Crippen molar-refractivity contribution in [3.05, 3.63) is 71.2 Å². The molecule has 32 heavy (non-hydrogen) atoms. The summed E-state index contributed by atoms with van der Waals surface area (Å²) >= 11 is 0. The molecule has 0 radical (unpaired) electrons. The Morgan fingerprint density at radius 3 is 2.41 bits per heavy atom. The molecule has 7 heteroatoms. The summed E-state index contributed by atoms with van der Waals surface area (Å²) in [5.41, 5.74) is 3.44. The summed E-state index contributed by atoms with van der Waals surface area (Å²) < 4.78 is 18.9. The van der Waals surface area contributed by atoms with E-state index in [1.54, 1.807) is 12.1 Å². The van der Waals surface area contributed by atoms with E-state index in [1.165, 1.54) is 17.0 Å². The molecular formula is C25H26FN3O3. The van der Waals surface area contributed by atoms with Crippen molar-refractivity contribution in [2.45, 2.75) is 12.8 Å². The molecule has 2 amide bonds. The first kappa shape index (κ1) is 20.8. The lowest BCUT2D eigenvalue weighted by molar-refractivity contribution is -0.137. The van der Waals surface area contributed by atoms with Gasteiger partial charge in [-0.25, -0.2) is 4.39 Å². The molecule has 3 aliphatic heterocycles. The Balaban J connectivity index is 1.44. The Morgan fingerprint density at radius 2 is 1.62 bits per heavy atom. The second kappa shape index (κ2) is 8.84. The summed E-state index contributed by atoms with van der Waals surface area (Å²) in [6.45, 7) is 4.99. The smallest absolute Gasteiger partial charge is 0.278 e. The summed E-state index contributed by atoms with van der Waals surface area (Å²) in [6.07, 6.45) is 1.52. The Hall–Kier alpha value is -3.03. The zero-order valence-corrected chi connectivity index (χ0v) is 17.9. The van der Waals surface area contributed by atoms with E-state index in [1.807, 2.05) is 23.1 Å². The monoisotopic (exact) mass is 435 g/mol. The maximum absolute atomic E-state index is 13.6. The lowest BCUT2D eigenvalue weighted by Crippen LogP contribution is -2.40. The average Bonchev–Trinajstić information content (AvgIpc) is 3.34. The Kier molecular flexibility index (Phi) is 5.76. The highest BCUT2D eigenvalue weighted by atomic mass is 19.1. The van der Waals surface area contributed by atoms with Crippen LogP contribution in [-0.2, 0) is 20.7 Å². The van der Waals surface area contributed by atoms with Crippen LogP contribution < -0.4 is 4.90 Å². The molecule has 0 bridgehead atoms. The number of anilines is 1. The van der Waals surface area contributed by atoms with Crippen LogP contribution in [0.25, 0.3) is 5.57 Å². The molecule has 166 valence electrons. The second-order valence-corrected chi connectivity index (χ2v) is 8.33. The third kappa shape index (κ3) is 3.82. The molecule has 0 atom stereocenters. The van der Waals surface area contributed by atoms with Crippen molar-refractivity contribution >= 4 is 23.1 Å². The zero-order chi connectivity index (χ0) is 22.1. The molecule has 2 aromatic carbocycles.